The Balaban J connectivity index is 2.43. The zero-order valence-electron chi connectivity index (χ0n) is 9.42. The topological polar surface area (TPSA) is 26.0 Å². The summed E-state index contributed by atoms with van der Waals surface area (Å²) in [5.41, 5.74) is 6.14. The van der Waals surface area contributed by atoms with Gasteiger partial charge in [-0.1, -0.05) is 26.8 Å². The summed E-state index contributed by atoms with van der Waals surface area (Å²) in [7, 11) is 0. The lowest BCUT2D eigenvalue weighted by molar-refractivity contribution is 0.233. The van der Waals surface area contributed by atoms with Gasteiger partial charge in [0.25, 0.3) is 0 Å². The number of hydrogen-bond acceptors (Lipinski definition) is 2. The molecule has 0 aliphatic carbocycles. The predicted molar refractivity (Wildman–Crippen MR) is 64.6 cm³/mol. The van der Waals surface area contributed by atoms with Crippen molar-refractivity contribution in [1.29, 1.82) is 0 Å². The standard InChI is InChI=1S/C12H21NS/c1-12(2,3)10(9-13)6-7-11-5-4-8-14-11/h4-5,8,10H,6-7,9,13H2,1-3H3. The average molecular weight is 211 g/mol. The molecule has 2 N–H and O–H groups in total. The van der Waals surface area contributed by atoms with Gasteiger partial charge < -0.3 is 5.73 Å². The van der Waals surface area contributed by atoms with Crippen molar-refractivity contribution >= 4 is 11.3 Å². The lowest BCUT2D eigenvalue weighted by Gasteiger charge is -2.29. The van der Waals surface area contributed by atoms with Crippen LogP contribution in [0.2, 0.25) is 0 Å². The van der Waals surface area contributed by atoms with Crippen molar-refractivity contribution in [3.63, 3.8) is 0 Å². The van der Waals surface area contributed by atoms with E-state index in [0.29, 0.717) is 11.3 Å². The van der Waals surface area contributed by atoms with E-state index in [1.54, 1.807) is 0 Å². The maximum Gasteiger partial charge on any atom is 0.00453 e. The Hall–Kier alpha value is -0.340. The minimum atomic E-state index is 0.339. The molecule has 1 heterocycles. The Bertz CT molecular complexity index is 246. The molecule has 0 radical (unpaired) electrons. The molecule has 0 saturated heterocycles. The molecule has 0 fully saturated rings. The second-order valence-electron chi connectivity index (χ2n) is 4.92. The summed E-state index contributed by atoms with van der Waals surface area (Å²) >= 11 is 1.85. The van der Waals surface area contributed by atoms with E-state index in [4.69, 9.17) is 5.73 Å². The number of aryl methyl sites for hydroxylation is 1. The maximum atomic E-state index is 5.80. The highest BCUT2D eigenvalue weighted by molar-refractivity contribution is 7.09. The van der Waals surface area contributed by atoms with E-state index in [1.165, 1.54) is 17.7 Å². The first-order valence-corrected chi connectivity index (χ1v) is 6.14. The van der Waals surface area contributed by atoms with E-state index in [-0.39, 0.29) is 0 Å². The highest BCUT2D eigenvalue weighted by Crippen LogP contribution is 2.29. The Labute approximate surface area is 91.3 Å². The van der Waals surface area contributed by atoms with Gasteiger partial charge in [-0.15, -0.1) is 11.3 Å². The predicted octanol–water partition coefficient (Wildman–Crippen LogP) is 3.30. The van der Waals surface area contributed by atoms with Gasteiger partial charge in [-0.3, -0.25) is 0 Å². The molecule has 0 aliphatic heterocycles. The number of nitrogens with two attached hydrogens (primary N) is 1. The van der Waals surface area contributed by atoms with Crippen LogP contribution in [-0.4, -0.2) is 6.54 Å². The monoisotopic (exact) mass is 211 g/mol. The maximum absolute atomic E-state index is 5.80. The molecule has 0 aliphatic rings. The molecule has 0 spiro atoms. The number of thiophene rings is 1. The molecule has 1 rings (SSSR count). The minimum Gasteiger partial charge on any atom is -0.330 e. The van der Waals surface area contributed by atoms with Crippen molar-refractivity contribution in [2.24, 2.45) is 17.1 Å². The summed E-state index contributed by atoms with van der Waals surface area (Å²) in [6, 6.07) is 4.33. The SMILES string of the molecule is CC(C)(C)C(CN)CCc1cccs1. The minimum absolute atomic E-state index is 0.339. The lowest BCUT2D eigenvalue weighted by Crippen LogP contribution is -2.28. The fraction of sp³-hybridized carbons (Fsp3) is 0.667. The summed E-state index contributed by atoms with van der Waals surface area (Å²) in [4.78, 5) is 1.48. The molecule has 1 aromatic rings. The second kappa shape index (κ2) is 4.94. The largest absolute Gasteiger partial charge is 0.330 e. The summed E-state index contributed by atoms with van der Waals surface area (Å²) in [6.45, 7) is 7.63. The molecule has 0 saturated carbocycles. The molecule has 0 amide bonds. The van der Waals surface area contributed by atoms with Gasteiger partial charge in [0.15, 0.2) is 0 Å². The van der Waals surface area contributed by atoms with E-state index in [9.17, 15) is 0 Å². The molecule has 1 unspecified atom stereocenters. The average Bonchev–Trinajstić information content (AvgIpc) is 2.55. The highest BCUT2D eigenvalue weighted by Gasteiger charge is 2.22. The first kappa shape index (κ1) is 11.7. The van der Waals surface area contributed by atoms with Crippen molar-refractivity contribution in [2.45, 2.75) is 33.6 Å². The quantitative estimate of drug-likeness (QED) is 0.812. The lowest BCUT2D eigenvalue weighted by atomic mass is 9.78. The van der Waals surface area contributed by atoms with E-state index in [1.807, 2.05) is 11.3 Å². The van der Waals surface area contributed by atoms with Crippen LogP contribution < -0.4 is 5.73 Å². The zero-order chi connectivity index (χ0) is 10.6. The van der Waals surface area contributed by atoms with Gasteiger partial charge in [-0.2, -0.15) is 0 Å². The first-order chi connectivity index (χ1) is 6.54. The van der Waals surface area contributed by atoms with Crippen molar-refractivity contribution < 1.29 is 0 Å². The van der Waals surface area contributed by atoms with E-state index >= 15 is 0 Å². The highest BCUT2D eigenvalue weighted by atomic mass is 32.1. The van der Waals surface area contributed by atoms with Gasteiger partial charge in [0.1, 0.15) is 0 Å². The van der Waals surface area contributed by atoms with Crippen molar-refractivity contribution in [3.8, 4) is 0 Å². The van der Waals surface area contributed by atoms with Crippen molar-refractivity contribution in [3.05, 3.63) is 22.4 Å². The Morgan fingerprint density at radius 3 is 2.57 bits per heavy atom. The van der Waals surface area contributed by atoms with E-state index in [0.717, 1.165) is 6.54 Å². The Morgan fingerprint density at radius 2 is 2.14 bits per heavy atom. The molecule has 0 bridgehead atoms. The second-order valence-corrected chi connectivity index (χ2v) is 5.95. The van der Waals surface area contributed by atoms with Gasteiger partial charge in [0, 0.05) is 4.88 Å². The summed E-state index contributed by atoms with van der Waals surface area (Å²) in [6.07, 6.45) is 2.39. The van der Waals surface area contributed by atoms with Crippen LogP contribution in [0.3, 0.4) is 0 Å². The van der Waals surface area contributed by atoms with Crippen LogP contribution in [0.25, 0.3) is 0 Å². The fourth-order valence-corrected chi connectivity index (χ4v) is 2.40. The smallest absolute Gasteiger partial charge is 0.00453 e. The van der Waals surface area contributed by atoms with Gasteiger partial charge >= 0.3 is 0 Å². The van der Waals surface area contributed by atoms with Gasteiger partial charge in [0.2, 0.25) is 0 Å². The third kappa shape index (κ3) is 3.43. The number of hydrogen-bond donors (Lipinski definition) is 1. The molecule has 2 heteroatoms. The first-order valence-electron chi connectivity index (χ1n) is 5.26. The summed E-state index contributed by atoms with van der Waals surface area (Å²) in [5.74, 6) is 0.629. The van der Waals surface area contributed by atoms with Crippen LogP contribution >= 0.6 is 11.3 Å². The van der Waals surface area contributed by atoms with E-state index < -0.39 is 0 Å². The Kier molecular flexibility index (Phi) is 4.14. The van der Waals surface area contributed by atoms with Crippen LogP contribution in [0.1, 0.15) is 32.1 Å². The molecule has 1 aromatic heterocycles. The molecule has 1 nitrogen and oxygen atoms in total. The van der Waals surface area contributed by atoms with E-state index in [2.05, 4.69) is 38.3 Å². The van der Waals surface area contributed by atoms with Crippen LogP contribution in [0.15, 0.2) is 17.5 Å². The third-order valence-electron chi connectivity index (χ3n) is 2.83. The van der Waals surface area contributed by atoms with Gasteiger partial charge in [0.05, 0.1) is 0 Å². The van der Waals surface area contributed by atoms with Crippen molar-refractivity contribution in [1.82, 2.24) is 0 Å². The third-order valence-corrected chi connectivity index (χ3v) is 3.76. The summed E-state index contributed by atoms with van der Waals surface area (Å²) in [5, 5.41) is 2.14. The molecule has 0 aromatic carbocycles. The molecular formula is C12H21NS. The number of rotatable bonds is 4. The molecule has 14 heavy (non-hydrogen) atoms. The van der Waals surface area contributed by atoms with Crippen LogP contribution in [0.5, 0.6) is 0 Å². The zero-order valence-corrected chi connectivity index (χ0v) is 10.2. The Morgan fingerprint density at radius 1 is 1.43 bits per heavy atom. The van der Waals surface area contributed by atoms with Crippen LogP contribution in [-0.2, 0) is 6.42 Å². The van der Waals surface area contributed by atoms with Gasteiger partial charge in [-0.05, 0) is 42.2 Å². The normalized spacial score (nSPS) is 14.3. The molecular weight excluding hydrogens is 190 g/mol. The molecule has 1 atom stereocenters. The van der Waals surface area contributed by atoms with Crippen LogP contribution in [0.4, 0.5) is 0 Å². The summed E-state index contributed by atoms with van der Waals surface area (Å²) < 4.78 is 0. The van der Waals surface area contributed by atoms with Crippen molar-refractivity contribution in [2.75, 3.05) is 6.54 Å². The van der Waals surface area contributed by atoms with Crippen LogP contribution in [0, 0.1) is 11.3 Å². The van der Waals surface area contributed by atoms with Gasteiger partial charge in [-0.25, -0.2) is 0 Å². The molecule has 80 valence electrons. The fourth-order valence-electron chi connectivity index (χ4n) is 1.68.